The predicted molar refractivity (Wildman–Crippen MR) is 69.6 cm³/mol. The lowest BCUT2D eigenvalue weighted by Crippen LogP contribution is -2.39. The molecule has 0 saturated heterocycles. The highest BCUT2D eigenvalue weighted by molar-refractivity contribution is 5.75. The molecule has 0 aliphatic carbocycles. The molecular formula is C12H20N4O3. The first-order valence-corrected chi connectivity index (χ1v) is 6.17. The van der Waals surface area contributed by atoms with Crippen molar-refractivity contribution in [2.75, 3.05) is 6.54 Å². The number of nitrogens with one attached hydrogen (secondary N) is 2. The number of carboxylic acid groups (broad SMARTS) is 1. The molecule has 0 radical (unpaired) electrons. The molecule has 0 aliphatic heterocycles. The van der Waals surface area contributed by atoms with Gasteiger partial charge in [-0.1, -0.05) is 6.92 Å². The Kier molecular flexibility index (Phi) is 5.35. The summed E-state index contributed by atoms with van der Waals surface area (Å²) in [6.45, 7) is 4.19. The van der Waals surface area contributed by atoms with Crippen LogP contribution in [0.15, 0.2) is 6.20 Å². The second-order valence-corrected chi connectivity index (χ2v) is 4.39. The molecule has 1 aromatic heterocycles. The first-order chi connectivity index (χ1) is 8.95. The van der Waals surface area contributed by atoms with Crippen LogP contribution in [0.1, 0.15) is 24.6 Å². The van der Waals surface area contributed by atoms with Gasteiger partial charge in [-0.3, -0.25) is 9.48 Å². The smallest absolute Gasteiger partial charge is 0.315 e. The lowest BCUT2D eigenvalue weighted by molar-refractivity contribution is -0.141. The summed E-state index contributed by atoms with van der Waals surface area (Å²) >= 11 is 0. The number of urea groups is 1. The van der Waals surface area contributed by atoms with Gasteiger partial charge in [0.15, 0.2) is 0 Å². The summed E-state index contributed by atoms with van der Waals surface area (Å²) in [5.74, 6) is -1.45. The Morgan fingerprint density at radius 1 is 1.47 bits per heavy atom. The highest BCUT2D eigenvalue weighted by atomic mass is 16.4. The number of amides is 2. The van der Waals surface area contributed by atoms with Crippen LogP contribution in [0.3, 0.4) is 0 Å². The van der Waals surface area contributed by atoms with Gasteiger partial charge in [-0.05, 0) is 13.3 Å². The molecule has 0 aliphatic rings. The standard InChI is InChI=1S/C12H20N4O3/c1-4-9(11(17)18)5-13-12(19)14-6-10-7-15-16(3)8(10)2/h7,9H,4-6H2,1-3H3,(H,17,18)(H2,13,14,19). The number of aromatic nitrogens is 2. The lowest BCUT2D eigenvalue weighted by Gasteiger charge is -2.11. The van der Waals surface area contributed by atoms with Crippen molar-refractivity contribution in [1.82, 2.24) is 20.4 Å². The molecule has 0 bridgehead atoms. The molecule has 0 fully saturated rings. The predicted octanol–water partition coefficient (Wildman–Crippen LogP) is 0.639. The minimum Gasteiger partial charge on any atom is -0.481 e. The molecule has 0 spiro atoms. The van der Waals surface area contributed by atoms with Crippen molar-refractivity contribution in [2.24, 2.45) is 13.0 Å². The molecule has 1 aromatic rings. The summed E-state index contributed by atoms with van der Waals surface area (Å²) in [6, 6.07) is -0.372. The fourth-order valence-corrected chi connectivity index (χ4v) is 1.58. The van der Waals surface area contributed by atoms with Crippen LogP contribution < -0.4 is 10.6 Å². The Labute approximate surface area is 112 Å². The average molecular weight is 268 g/mol. The maximum Gasteiger partial charge on any atom is 0.315 e. The fraction of sp³-hybridized carbons (Fsp3) is 0.583. The summed E-state index contributed by atoms with van der Waals surface area (Å²) < 4.78 is 1.73. The van der Waals surface area contributed by atoms with Gasteiger partial charge in [0, 0.05) is 31.4 Å². The number of nitrogens with zero attached hydrogens (tertiary/aromatic N) is 2. The van der Waals surface area contributed by atoms with Crippen molar-refractivity contribution < 1.29 is 14.7 Å². The van der Waals surface area contributed by atoms with Gasteiger partial charge in [-0.2, -0.15) is 5.10 Å². The molecule has 2 amide bonds. The number of rotatable bonds is 6. The number of aryl methyl sites for hydroxylation is 1. The molecule has 0 aromatic carbocycles. The van der Waals surface area contributed by atoms with Crippen LogP contribution in [0.5, 0.6) is 0 Å². The number of aliphatic carboxylic acids is 1. The van der Waals surface area contributed by atoms with Crippen LogP contribution in [-0.4, -0.2) is 33.4 Å². The van der Waals surface area contributed by atoms with Crippen molar-refractivity contribution in [3.8, 4) is 0 Å². The van der Waals surface area contributed by atoms with Crippen LogP contribution in [-0.2, 0) is 18.4 Å². The van der Waals surface area contributed by atoms with E-state index in [9.17, 15) is 9.59 Å². The highest BCUT2D eigenvalue weighted by Crippen LogP contribution is 2.04. The number of carboxylic acids is 1. The van der Waals surface area contributed by atoms with Gasteiger partial charge in [0.2, 0.25) is 0 Å². The number of hydrogen-bond donors (Lipinski definition) is 3. The molecule has 0 saturated carbocycles. The van der Waals surface area contributed by atoms with Gasteiger partial charge < -0.3 is 15.7 Å². The molecule has 1 unspecified atom stereocenters. The lowest BCUT2D eigenvalue weighted by atomic mass is 10.1. The normalized spacial score (nSPS) is 11.9. The van der Waals surface area contributed by atoms with E-state index in [1.807, 2.05) is 14.0 Å². The molecule has 7 nitrogen and oxygen atoms in total. The minimum atomic E-state index is -0.897. The molecule has 19 heavy (non-hydrogen) atoms. The van der Waals surface area contributed by atoms with E-state index in [-0.39, 0.29) is 12.6 Å². The van der Waals surface area contributed by atoms with Gasteiger partial charge >= 0.3 is 12.0 Å². The molecule has 3 N–H and O–H groups in total. The third-order valence-corrected chi connectivity index (χ3v) is 3.13. The number of carbonyl (C=O) groups is 2. The number of carbonyl (C=O) groups excluding carboxylic acids is 1. The Morgan fingerprint density at radius 2 is 2.16 bits per heavy atom. The van der Waals surface area contributed by atoms with Crippen molar-refractivity contribution in [2.45, 2.75) is 26.8 Å². The van der Waals surface area contributed by atoms with Crippen molar-refractivity contribution in [3.05, 3.63) is 17.5 Å². The van der Waals surface area contributed by atoms with Gasteiger partial charge in [-0.15, -0.1) is 0 Å². The van der Waals surface area contributed by atoms with Gasteiger partial charge in [0.25, 0.3) is 0 Å². The molecule has 1 atom stereocenters. The second kappa shape index (κ2) is 6.77. The summed E-state index contributed by atoms with van der Waals surface area (Å²) in [5, 5.41) is 18.2. The molecule has 1 heterocycles. The summed E-state index contributed by atoms with van der Waals surface area (Å²) in [7, 11) is 1.83. The Hall–Kier alpha value is -2.05. The Morgan fingerprint density at radius 3 is 2.63 bits per heavy atom. The molecular weight excluding hydrogens is 248 g/mol. The van der Waals surface area contributed by atoms with Gasteiger partial charge in [0.1, 0.15) is 0 Å². The van der Waals surface area contributed by atoms with Crippen LogP contribution in [0.4, 0.5) is 4.79 Å². The summed E-state index contributed by atoms with van der Waals surface area (Å²) in [5.41, 5.74) is 1.92. The van der Waals surface area contributed by atoms with E-state index in [1.165, 1.54) is 0 Å². The quantitative estimate of drug-likeness (QED) is 0.705. The van der Waals surface area contributed by atoms with Crippen LogP contribution >= 0.6 is 0 Å². The fourth-order valence-electron chi connectivity index (χ4n) is 1.58. The van der Waals surface area contributed by atoms with Crippen LogP contribution in [0, 0.1) is 12.8 Å². The van der Waals surface area contributed by atoms with E-state index in [0.29, 0.717) is 13.0 Å². The molecule has 106 valence electrons. The van der Waals surface area contributed by atoms with E-state index < -0.39 is 11.9 Å². The van der Waals surface area contributed by atoms with E-state index in [0.717, 1.165) is 11.3 Å². The average Bonchev–Trinajstić information content (AvgIpc) is 2.68. The zero-order valence-corrected chi connectivity index (χ0v) is 11.4. The van der Waals surface area contributed by atoms with E-state index in [4.69, 9.17) is 5.11 Å². The van der Waals surface area contributed by atoms with Crippen molar-refractivity contribution in [3.63, 3.8) is 0 Å². The summed E-state index contributed by atoms with van der Waals surface area (Å²) in [4.78, 5) is 22.3. The largest absolute Gasteiger partial charge is 0.481 e. The third kappa shape index (κ3) is 4.27. The van der Waals surface area contributed by atoms with Crippen LogP contribution in [0.25, 0.3) is 0 Å². The van der Waals surface area contributed by atoms with E-state index in [1.54, 1.807) is 17.8 Å². The van der Waals surface area contributed by atoms with Crippen molar-refractivity contribution >= 4 is 12.0 Å². The van der Waals surface area contributed by atoms with Crippen LogP contribution in [0.2, 0.25) is 0 Å². The van der Waals surface area contributed by atoms with Gasteiger partial charge in [-0.25, -0.2) is 4.79 Å². The Balaban J connectivity index is 2.36. The SMILES string of the molecule is CCC(CNC(=O)NCc1cnn(C)c1C)C(=O)O. The topological polar surface area (TPSA) is 96.3 Å². The molecule has 7 heteroatoms. The van der Waals surface area contributed by atoms with E-state index in [2.05, 4.69) is 15.7 Å². The summed E-state index contributed by atoms with van der Waals surface area (Å²) in [6.07, 6.45) is 2.18. The van der Waals surface area contributed by atoms with E-state index >= 15 is 0 Å². The second-order valence-electron chi connectivity index (χ2n) is 4.39. The first kappa shape index (κ1) is 15.0. The monoisotopic (exact) mass is 268 g/mol. The maximum absolute atomic E-state index is 11.5. The highest BCUT2D eigenvalue weighted by Gasteiger charge is 2.15. The number of hydrogen-bond acceptors (Lipinski definition) is 3. The zero-order valence-electron chi connectivity index (χ0n) is 11.4. The maximum atomic E-state index is 11.5. The third-order valence-electron chi connectivity index (χ3n) is 3.13. The first-order valence-electron chi connectivity index (χ1n) is 6.17. The minimum absolute atomic E-state index is 0.129. The Bertz CT molecular complexity index is 456. The van der Waals surface area contributed by atoms with Gasteiger partial charge in [0.05, 0.1) is 12.1 Å². The molecule has 1 rings (SSSR count). The van der Waals surface area contributed by atoms with Crippen molar-refractivity contribution in [1.29, 1.82) is 0 Å². The zero-order chi connectivity index (χ0) is 14.4.